The smallest absolute Gasteiger partial charge is 0.326 e. The fraction of sp³-hybridized carbons (Fsp3) is 0.750. The average Bonchev–Trinajstić information content (AvgIpc) is 3.15. The second kappa shape index (κ2) is 12.4. The van der Waals surface area contributed by atoms with Crippen molar-refractivity contribution in [2.45, 2.75) is 50.2 Å². The number of carbonyl (C=O) groups excluding carboxylic acids is 2. The molecule has 1 heterocycles. The summed E-state index contributed by atoms with van der Waals surface area (Å²) >= 11 is 1.50. The van der Waals surface area contributed by atoms with Gasteiger partial charge in [-0.1, -0.05) is 0 Å². The van der Waals surface area contributed by atoms with Gasteiger partial charge >= 0.3 is 5.97 Å². The van der Waals surface area contributed by atoms with Gasteiger partial charge in [-0.15, -0.1) is 0 Å². The topological polar surface area (TPSA) is 172 Å². The summed E-state index contributed by atoms with van der Waals surface area (Å²) in [6, 6.07) is -2.17. The van der Waals surface area contributed by atoms with Gasteiger partial charge in [0.2, 0.25) is 11.8 Å². The molecule has 0 aliphatic carbocycles. The number of hydrogen-bond acceptors (Lipinski definition) is 6. The number of nitrogens with two attached hydrogens (primary N) is 2. The minimum absolute atomic E-state index is 0.0433. The number of rotatable bonds is 12. The highest BCUT2D eigenvalue weighted by Gasteiger charge is 2.29. The third-order valence-electron chi connectivity index (χ3n) is 4.18. The Kier molecular flexibility index (Phi) is 10.6. The first kappa shape index (κ1) is 23.0. The molecule has 27 heavy (non-hydrogen) atoms. The van der Waals surface area contributed by atoms with Crippen LogP contribution in [0.5, 0.6) is 0 Å². The Labute approximate surface area is 163 Å². The number of aliphatic carboxylic acids is 1. The molecule has 0 bridgehead atoms. The molecule has 0 aromatic carbocycles. The number of carbonyl (C=O) groups is 3. The van der Waals surface area contributed by atoms with Crippen LogP contribution in [0.4, 0.5) is 0 Å². The first-order valence-corrected chi connectivity index (χ1v) is 10.4. The fourth-order valence-electron chi connectivity index (χ4n) is 2.72. The number of nitrogens with zero attached hydrogens (tertiary/aromatic N) is 1. The van der Waals surface area contributed by atoms with Crippen LogP contribution in [0, 0.1) is 0 Å². The van der Waals surface area contributed by atoms with Crippen LogP contribution in [-0.4, -0.2) is 72.1 Å². The molecular weight excluding hydrogens is 372 g/mol. The molecule has 3 atom stereocenters. The van der Waals surface area contributed by atoms with Crippen molar-refractivity contribution in [3.05, 3.63) is 0 Å². The van der Waals surface area contributed by atoms with E-state index in [0.717, 1.165) is 13.0 Å². The highest BCUT2D eigenvalue weighted by atomic mass is 32.2. The van der Waals surface area contributed by atoms with Crippen LogP contribution in [0.2, 0.25) is 0 Å². The normalized spacial score (nSPS) is 18.3. The summed E-state index contributed by atoms with van der Waals surface area (Å²) in [5.41, 5.74) is 10.6. The number of guanidine groups is 1. The Balaban J connectivity index is 2.70. The van der Waals surface area contributed by atoms with Gasteiger partial charge in [-0.25, -0.2) is 4.79 Å². The van der Waals surface area contributed by atoms with Gasteiger partial charge in [0.1, 0.15) is 12.1 Å². The molecule has 1 aliphatic rings. The van der Waals surface area contributed by atoms with E-state index in [1.807, 2.05) is 6.26 Å². The van der Waals surface area contributed by atoms with E-state index in [2.05, 4.69) is 20.9 Å². The molecule has 0 radical (unpaired) electrons. The van der Waals surface area contributed by atoms with Crippen molar-refractivity contribution in [1.29, 1.82) is 0 Å². The van der Waals surface area contributed by atoms with Crippen LogP contribution in [-0.2, 0) is 14.4 Å². The molecule has 1 saturated heterocycles. The largest absolute Gasteiger partial charge is 0.480 e. The lowest BCUT2D eigenvalue weighted by molar-refractivity contribution is -0.142. The summed E-state index contributed by atoms with van der Waals surface area (Å²) < 4.78 is 0. The van der Waals surface area contributed by atoms with E-state index in [9.17, 15) is 19.5 Å². The van der Waals surface area contributed by atoms with E-state index in [1.165, 1.54) is 11.8 Å². The van der Waals surface area contributed by atoms with Crippen LogP contribution in [0.25, 0.3) is 0 Å². The number of hydrogen-bond donors (Lipinski definition) is 6. The number of amides is 2. The molecule has 3 unspecified atom stereocenters. The van der Waals surface area contributed by atoms with Crippen LogP contribution in [0.3, 0.4) is 0 Å². The zero-order valence-electron chi connectivity index (χ0n) is 15.6. The van der Waals surface area contributed by atoms with Crippen LogP contribution in [0.1, 0.15) is 32.1 Å². The molecule has 0 aromatic heterocycles. The van der Waals surface area contributed by atoms with E-state index >= 15 is 0 Å². The van der Waals surface area contributed by atoms with Crippen molar-refractivity contribution in [1.82, 2.24) is 16.0 Å². The highest BCUT2D eigenvalue weighted by molar-refractivity contribution is 7.98. The van der Waals surface area contributed by atoms with Crippen molar-refractivity contribution in [3.8, 4) is 0 Å². The standard InChI is InChI=1S/C16H30N6O4S/c1-27-9-6-12(15(25)26)22-14(24)11(5-3-8-20-16(17)18)21-13(23)10-4-2-7-19-10/h10-12,19H,2-9H2,1H3,(H,21,23)(H,22,24)(H,25,26)(H4,17,18,20). The summed E-state index contributed by atoms with van der Waals surface area (Å²) in [7, 11) is 0. The van der Waals surface area contributed by atoms with Crippen LogP contribution < -0.4 is 27.4 Å². The quantitative estimate of drug-likeness (QED) is 0.131. The van der Waals surface area contributed by atoms with Gasteiger partial charge in [0.05, 0.1) is 6.04 Å². The first-order chi connectivity index (χ1) is 12.8. The number of carboxylic acid groups (broad SMARTS) is 1. The van der Waals surface area contributed by atoms with Crippen LogP contribution in [0.15, 0.2) is 4.99 Å². The molecule has 0 spiro atoms. The maximum Gasteiger partial charge on any atom is 0.326 e. The lowest BCUT2D eigenvalue weighted by atomic mass is 10.1. The highest BCUT2D eigenvalue weighted by Crippen LogP contribution is 2.08. The molecule has 2 amide bonds. The van der Waals surface area contributed by atoms with Gasteiger partial charge in [-0.2, -0.15) is 11.8 Å². The Morgan fingerprint density at radius 1 is 1.26 bits per heavy atom. The van der Waals surface area contributed by atoms with Gasteiger partial charge in [-0.05, 0) is 50.7 Å². The maximum atomic E-state index is 12.6. The second-order valence-corrected chi connectivity index (χ2v) is 7.33. The Morgan fingerprint density at radius 2 is 2.00 bits per heavy atom. The SMILES string of the molecule is CSCCC(NC(=O)C(CCCN=C(N)N)NC(=O)C1CCCN1)C(=O)O. The van der Waals surface area contributed by atoms with Crippen molar-refractivity contribution in [2.24, 2.45) is 16.5 Å². The number of aliphatic imine (C=N–C) groups is 1. The molecule has 1 aliphatic heterocycles. The zero-order valence-corrected chi connectivity index (χ0v) is 16.4. The lowest BCUT2D eigenvalue weighted by Gasteiger charge is -2.22. The van der Waals surface area contributed by atoms with Gasteiger partial charge in [0.25, 0.3) is 0 Å². The summed E-state index contributed by atoms with van der Waals surface area (Å²) in [6.07, 6.45) is 4.55. The van der Waals surface area contributed by atoms with Crippen molar-refractivity contribution in [2.75, 3.05) is 25.1 Å². The lowest BCUT2D eigenvalue weighted by Crippen LogP contribution is -2.54. The first-order valence-electron chi connectivity index (χ1n) is 8.96. The Bertz CT molecular complexity index is 535. The van der Waals surface area contributed by atoms with Crippen molar-refractivity contribution < 1.29 is 19.5 Å². The number of carboxylic acids is 1. The molecule has 1 fully saturated rings. The molecular formula is C16H30N6O4S. The molecule has 8 N–H and O–H groups in total. The van der Waals surface area contributed by atoms with E-state index < -0.39 is 24.0 Å². The van der Waals surface area contributed by atoms with Crippen molar-refractivity contribution in [3.63, 3.8) is 0 Å². The molecule has 0 saturated carbocycles. The minimum Gasteiger partial charge on any atom is -0.480 e. The Hall–Kier alpha value is -2.01. The van der Waals surface area contributed by atoms with E-state index in [4.69, 9.17) is 11.5 Å². The van der Waals surface area contributed by atoms with E-state index in [-0.39, 0.29) is 17.9 Å². The van der Waals surface area contributed by atoms with Gasteiger partial charge in [0, 0.05) is 6.54 Å². The molecule has 0 aromatic rings. The maximum absolute atomic E-state index is 12.6. The summed E-state index contributed by atoms with van der Waals surface area (Å²) in [6.45, 7) is 1.08. The van der Waals surface area contributed by atoms with Gasteiger partial charge in [0.15, 0.2) is 5.96 Å². The average molecular weight is 403 g/mol. The van der Waals surface area contributed by atoms with E-state index in [0.29, 0.717) is 38.0 Å². The second-order valence-electron chi connectivity index (χ2n) is 6.34. The van der Waals surface area contributed by atoms with Crippen molar-refractivity contribution >= 4 is 35.5 Å². The number of thioether (sulfide) groups is 1. The summed E-state index contributed by atoms with van der Waals surface area (Å²) in [5.74, 6) is -1.31. The molecule has 11 heteroatoms. The third-order valence-corrected chi connectivity index (χ3v) is 4.82. The van der Waals surface area contributed by atoms with Gasteiger partial charge < -0.3 is 32.5 Å². The molecule has 154 valence electrons. The zero-order chi connectivity index (χ0) is 20.2. The predicted molar refractivity (Wildman–Crippen MR) is 105 cm³/mol. The molecule has 1 rings (SSSR count). The Morgan fingerprint density at radius 3 is 2.56 bits per heavy atom. The third kappa shape index (κ3) is 8.96. The fourth-order valence-corrected chi connectivity index (χ4v) is 3.19. The summed E-state index contributed by atoms with van der Waals surface area (Å²) in [5, 5.41) is 17.6. The predicted octanol–water partition coefficient (Wildman–Crippen LogP) is -1.40. The summed E-state index contributed by atoms with van der Waals surface area (Å²) in [4.78, 5) is 40.2. The molecule has 10 nitrogen and oxygen atoms in total. The van der Waals surface area contributed by atoms with Gasteiger partial charge in [-0.3, -0.25) is 14.6 Å². The van der Waals surface area contributed by atoms with Crippen LogP contribution >= 0.6 is 11.8 Å². The monoisotopic (exact) mass is 402 g/mol. The number of nitrogens with one attached hydrogen (secondary N) is 3. The van der Waals surface area contributed by atoms with E-state index in [1.54, 1.807) is 0 Å². The minimum atomic E-state index is -1.10.